The zero-order valence-corrected chi connectivity index (χ0v) is 9.90. The number of rotatable bonds is 3. The van der Waals surface area contributed by atoms with E-state index in [-0.39, 0.29) is 0 Å². The van der Waals surface area contributed by atoms with Gasteiger partial charge in [0.1, 0.15) is 32.7 Å². The summed E-state index contributed by atoms with van der Waals surface area (Å²) >= 11 is 1.55. The van der Waals surface area contributed by atoms with E-state index in [1.807, 2.05) is 17.5 Å². The molecule has 1 aromatic rings. The van der Waals surface area contributed by atoms with Crippen LogP contribution in [0.3, 0.4) is 0 Å². The molecule has 0 unspecified atom stereocenters. The van der Waals surface area contributed by atoms with Crippen molar-refractivity contribution in [3.05, 3.63) is 22.4 Å². The van der Waals surface area contributed by atoms with Gasteiger partial charge in [0.05, 0.1) is 11.9 Å². The Hall–Kier alpha value is -0.710. The third kappa shape index (κ3) is 2.87. The van der Waals surface area contributed by atoms with Gasteiger partial charge in [-0.05, 0) is 11.4 Å². The molecule has 2 heterocycles. The first-order valence-corrected chi connectivity index (χ1v) is 6.35. The molecule has 1 aromatic heterocycles. The Morgan fingerprint density at radius 3 is 2.73 bits per heavy atom. The lowest BCUT2D eigenvalue weighted by atomic mass is 10.2. The molecule has 2 N–H and O–H groups in total. The number of Topliss-reactive ketones (excluding diaryl/α,β-unsaturated/α-hetero) is 1. The second-order valence-electron chi connectivity index (χ2n) is 4.28. The molecular weight excluding hydrogens is 208 g/mol. The number of thiophene rings is 1. The molecule has 1 fully saturated rings. The third-order valence-electron chi connectivity index (χ3n) is 3.02. The summed E-state index contributed by atoms with van der Waals surface area (Å²) in [5.41, 5.74) is 0. The lowest BCUT2D eigenvalue weighted by Gasteiger charge is -2.26. The average Bonchev–Trinajstić information content (AvgIpc) is 2.74. The van der Waals surface area contributed by atoms with Crippen LogP contribution in [0.25, 0.3) is 0 Å². The van der Waals surface area contributed by atoms with E-state index in [4.69, 9.17) is 0 Å². The van der Waals surface area contributed by atoms with Crippen molar-refractivity contribution in [3.8, 4) is 0 Å². The summed E-state index contributed by atoms with van der Waals surface area (Å²) in [5, 5.41) is 1.97. The van der Waals surface area contributed by atoms with Crippen LogP contribution in [0.2, 0.25) is 0 Å². The van der Waals surface area contributed by atoms with E-state index in [0.29, 0.717) is 12.3 Å². The van der Waals surface area contributed by atoms with Crippen molar-refractivity contribution in [1.29, 1.82) is 0 Å². The zero-order valence-electron chi connectivity index (χ0n) is 9.08. The SMILES string of the molecule is C[NH+]1CC[NH+](CC(=O)c2cccs2)CC1. The van der Waals surface area contributed by atoms with Gasteiger partial charge in [-0.2, -0.15) is 0 Å². The van der Waals surface area contributed by atoms with Crippen LogP contribution in [-0.2, 0) is 0 Å². The van der Waals surface area contributed by atoms with E-state index >= 15 is 0 Å². The van der Waals surface area contributed by atoms with E-state index in [9.17, 15) is 4.79 Å². The molecule has 0 amide bonds. The van der Waals surface area contributed by atoms with E-state index in [0.717, 1.165) is 18.0 Å². The highest BCUT2D eigenvalue weighted by Crippen LogP contribution is 2.07. The Kier molecular flexibility index (Phi) is 3.51. The van der Waals surface area contributed by atoms with Gasteiger partial charge in [-0.3, -0.25) is 4.79 Å². The first-order chi connectivity index (χ1) is 7.25. The molecule has 1 aliphatic rings. The monoisotopic (exact) mass is 226 g/mol. The van der Waals surface area contributed by atoms with Crippen molar-refractivity contribution in [3.63, 3.8) is 0 Å². The molecule has 0 radical (unpaired) electrons. The Morgan fingerprint density at radius 1 is 1.40 bits per heavy atom. The van der Waals surface area contributed by atoms with Gasteiger partial charge in [0.2, 0.25) is 5.78 Å². The number of hydrogen-bond donors (Lipinski definition) is 2. The molecule has 0 spiro atoms. The summed E-state index contributed by atoms with van der Waals surface area (Å²) in [4.78, 5) is 15.8. The van der Waals surface area contributed by atoms with Crippen molar-refractivity contribution in [2.45, 2.75) is 0 Å². The Labute approximate surface area is 94.3 Å². The van der Waals surface area contributed by atoms with Crippen molar-refractivity contribution >= 4 is 17.1 Å². The van der Waals surface area contributed by atoms with Crippen LogP contribution in [-0.4, -0.2) is 45.6 Å². The Balaban J connectivity index is 1.85. The summed E-state index contributed by atoms with van der Waals surface area (Å²) in [6, 6.07) is 3.87. The average molecular weight is 226 g/mol. The number of carbonyl (C=O) groups is 1. The third-order valence-corrected chi connectivity index (χ3v) is 3.93. The summed E-state index contributed by atoms with van der Waals surface area (Å²) in [5.74, 6) is 0.305. The molecule has 4 heteroatoms. The highest BCUT2D eigenvalue weighted by molar-refractivity contribution is 7.12. The molecule has 1 saturated heterocycles. The highest BCUT2D eigenvalue weighted by atomic mass is 32.1. The molecule has 0 aliphatic carbocycles. The lowest BCUT2D eigenvalue weighted by molar-refractivity contribution is -0.999. The Bertz CT molecular complexity index is 315. The van der Waals surface area contributed by atoms with Gasteiger partial charge in [-0.1, -0.05) is 6.07 Å². The summed E-state index contributed by atoms with van der Waals surface area (Å²) in [6.07, 6.45) is 0. The standard InChI is InChI=1S/C11H16N2OS/c1-12-4-6-13(7-5-12)9-10(14)11-3-2-8-15-11/h2-3,8H,4-7,9H2,1H3/p+2. The van der Waals surface area contributed by atoms with Crippen LogP contribution in [0.15, 0.2) is 17.5 Å². The van der Waals surface area contributed by atoms with Crippen molar-refractivity contribution in [2.75, 3.05) is 39.8 Å². The second kappa shape index (κ2) is 4.88. The minimum atomic E-state index is 0.305. The van der Waals surface area contributed by atoms with Crippen molar-refractivity contribution in [2.24, 2.45) is 0 Å². The van der Waals surface area contributed by atoms with Gasteiger partial charge in [-0.15, -0.1) is 11.3 Å². The highest BCUT2D eigenvalue weighted by Gasteiger charge is 2.22. The van der Waals surface area contributed by atoms with Crippen molar-refractivity contribution < 1.29 is 14.6 Å². The fourth-order valence-corrected chi connectivity index (χ4v) is 2.62. The molecule has 0 bridgehead atoms. The first kappa shape index (κ1) is 10.8. The number of ketones is 1. The van der Waals surface area contributed by atoms with Gasteiger partial charge < -0.3 is 9.80 Å². The van der Waals surface area contributed by atoms with Crippen LogP contribution in [0, 0.1) is 0 Å². The van der Waals surface area contributed by atoms with Crippen LogP contribution in [0.4, 0.5) is 0 Å². The van der Waals surface area contributed by atoms with E-state index < -0.39 is 0 Å². The smallest absolute Gasteiger partial charge is 0.226 e. The quantitative estimate of drug-likeness (QED) is 0.593. The summed E-state index contributed by atoms with van der Waals surface area (Å²) in [6.45, 7) is 5.31. The lowest BCUT2D eigenvalue weighted by Crippen LogP contribution is -3.27. The number of hydrogen-bond acceptors (Lipinski definition) is 2. The number of piperazine rings is 1. The first-order valence-electron chi connectivity index (χ1n) is 5.47. The van der Waals surface area contributed by atoms with Crippen LogP contribution in [0.1, 0.15) is 9.67 Å². The molecule has 0 aromatic carbocycles. The topological polar surface area (TPSA) is 26.0 Å². The van der Waals surface area contributed by atoms with Crippen LogP contribution < -0.4 is 9.80 Å². The Morgan fingerprint density at radius 2 is 2.13 bits per heavy atom. The summed E-state index contributed by atoms with van der Waals surface area (Å²) < 4.78 is 0. The van der Waals surface area contributed by atoms with Gasteiger partial charge in [-0.25, -0.2) is 0 Å². The minimum Gasteiger partial charge on any atom is -0.328 e. The maximum atomic E-state index is 11.8. The molecule has 0 saturated carbocycles. The fraction of sp³-hybridized carbons (Fsp3) is 0.545. The molecule has 82 valence electrons. The molecule has 2 rings (SSSR count). The molecule has 3 nitrogen and oxygen atoms in total. The number of likely N-dealkylation sites (N-methyl/N-ethyl adjacent to an activating group) is 1. The number of carbonyl (C=O) groups excluding carboxylic acids is 1. The normalized spacial score (nSPS) is 26.5. The van der Waals surface area contributed by atoms with E-state index in [2.05, 4.69) is 7.05 Å². The predicted octanol–water partition coefficient (Wildman–Crippen LogP) is -1.66. The minimum absolute atomic E-state index is 0.305. The van der Waals surface area contributed by atoms with Crippen LogP contribution in [0.5, 0.6) is 0 Å². The summed E-state index contributed by atoms with van der Waals surface area (Å²) in [7, 11) is 2.22. The van der Waals surface area contributed by atoms with Crippen LogP contribution >= 0.6 is 11.3 Å². The van der Waals surface area contributed by atoms with Crippen molar-refractivity contribution in [1.82, 2.24) is 0 Å². The van der Waals surface area contributed by atoms with Gasteiger partial charge in [0.25, 0.3) is 0 Å². The predicted molar refractivity (Wildman–Crippen MR) is 60.8 cm³/mol. The maximum Gasteiger partial charge on any atom is 0.226 e. The molecular formula is C11H18N2OS+2. The molecule has 15 heavy (non-hydrogen) atoms. The molecule has 1 aliphatic heterocycles. The van der Waals surface area contributed by atoms with E-state index in [1.54, 1.807) is 16.2 Å². The van der Waals surface area contributed by atoms with Gasteiger partial charge in [0.15, 0.2) is 0 Å². The largest absolute Gasteiger partial charge is 0.328 e. The maximum absolute atomic E-state index is 11.8. The number of quaternary nitrogens is 2. The molecule has 0 atom stereocenters. The van der Waals surface area contributed by atoms with E-state index in [1.165, 1.54) is 18.0 Å². The van der Waals surface area contributed by atoms with Gasteiger partial charge in [0, 0.05) is 0 Å². The fourth-order valence-electron chi connectivity index (χ4n) is 1.96. The zero-order chi connectivity index (χ0) is 10.7. The number of nitrogens with one attached hydrogen (secondary N) is 2. The second-order valence-corrected chi connectivity index (χ2v) is 5.23. The van der Waals surface area contributed by atoms with Gasteiger partial charge >= 0.3 is 0 Å².